The first-order valence-corrected chi connectivity index (χ1v) is 9.58. The van der Waals surface area contributed by atoms with E-state index in [1.165, 1.54) is 25.7 Å². The molecule has 24 heavy (non-hydrogen) atoms. The molecule has 1 fully saturated rings. The van der Waals surface area contributed by atoms with E-state index in [1.807, 2.05) is 25.3 Å². The van der Waals surface area contributed by atoms with Crippen molar-refractivity contribution in [1.29, 1.82) is 0 Å². The number of aliphatic imine (C=N–C) groups is 1. The largest absolute Gasteiger partial charge is 0.271 e. The summed E-state index contributed by atoms with van der Waals surface area (Å²) in [5.41, 5.74) is 1.83. The molecule has 0 aromatic carbocycles. The molecule has 126 valence electrons. The Balaban J connectivity index is 1.80. The molecule has 0 saturated heterocycles. The Kier molecular flexibility index (Phi) is 4.31. The van der Waals surface area contributed by atoms with E-state index in [0.717, 1.165) is 34.8 Å². The molecule has 1 unspecified atom stereocenters. The summed E-state index contributed by atoms with van der Waals surface area (Å²) in [6, 6.07) is 4.32. The van der Waals surface area contributed by atoms with Crippen molar-refractivity contribution in [2.45, 2.75) is 56.7 Å². The van der Waals surface area contributed by atoms with Gasteiger partial charge in [-0.3, -0.25) is 19.6 Å². The van der Waals surface area contributed by atoms with Gasteiger partial charge in [0.15, 0.2) is 5.82 Å². The van der Waals surface area contributed by atoms with Gasteiger partial charge in [0.1, 0.15) is 0 Å². The lowest BCUT2D eigenvalue weighted by atomic mass is 10.1. The third kappa shape index (κ3) is 2.83. The van der Waals surface area contributed by atoms with Crippen molar-refractivity contribution >= 4 is 22.6 Å². The molecule has 2 aliphatic rings. The number of thioether (sulfide) groups is 1. The first-order chi connectivity index (χ1) is 11.7. The van der Waals surface area contributed by atoms with Crippen molar-refractivity contribution in [2.75, 3.05) is 0 Å². The van der Waals surface area contributed by atoms with Crippen LogP contribution >= 0.6 is 11.8 Å². The Hall–Kier alpha value is -1.82. The van der Waals surface area contributed by atoms with E-state index in [2.05, 4.69) is 14.8 Å². The lowest BCUT2D eigenvalue weighted by Crippen LogP contribution is -2.14. The van der Waals surface area contributed by atoms with E-state index in [1.54, 1.807) is 18.0 Å². The van der Waals surface area contributed by atoms with Gasteiger partial charge in [-0.05, 0) is 31.4 Å². The number of pyridine rings is 1. The lowest BCUT2D eigenvalue weighted by Gasteiger charge is -2.23. The van der Waals surface area contributed by atoms with Gasteiger partial charge in [0.05, 0.1) is 21.9 Å². The predicted molar refractivity (Wildman–Crippen MR) is 98.2 cm³/mol. The van der Waals surface area contributed by atoms with Crippen LogP contribution in [-0.2, 0) is 0 Å². The zero-order chi connectivity index (χ0) is 16.5. The summed E-state index contributed by atoms with van der Waals surface area (Å²) in [7, 11) is 0. The average Bonchev–Trinajstić information content (AvgIpc) is 2.79. The van der Waals surface area contributed by atoms with Crippen molar-refractivity contribution in [1.82, 2.24) is 14.8 Å². The van der Waals surface area contributed by atoms with E-state index in [-0.39, 0.29) is 10.8 Å². The maximum absolute atomic E-state index is 12.7. The topological polar surface area (TPSA) is 63.0 Å². The van der Waals surface area contributed by atoms with Gasteiger partial charge >= 0.3 is 0 Å². The molecule has 0 radical (unpaired) electrons. The van der Waals surface area contributed by atoms with Gasteiger partial charge in [0, 0.05) is 12.4 Å². The van der Waals surface area contributed by atoms with Crippen LogP contribution in [0.25, 0.3) is 0 Å². The summed E-state index contributed by atoms with van der Waals surface area (Å²) in [5.74, 6) is 0.831. The molecule has 6 heteroatoms. The third-order valence-electron chi connectivity index (χ3n) is 4.93. The van der Waals surface area contributed by atoms with E-state index < -0.39 is 0 Å². The SMILES string of the molecule is CC1=Nc2c(c(=O)[nH]n2C2CCCCCC2)C(c2cccnc2)S1. The quantitative estimate of drug-likeness (QED) is 0.825. The minimum Gasteiger partial charge on any atom is -0.268 e. The lowest BCUT2D eigenvalue weighted by molar-refractivity contribution is 0.407. The minimum absolute atomic E-state index is 0.00755. The molecule has 1 saturated carbocycles. The second-order valence-corrected chi connectivity index (χ2v) is 7.91. The number of nitrogens with zero attached hydrogens (tertiary/aromatic N) is 3. The summed E-state index contributed by atoms with van der Waals surface area (Å²) in [6.07, 6.45) is 10.9. The van der Waals surface area contributed by atoms with Gasteiger partial charge in [-0.15, -0.1) is 0 Å². The molecule has 0 spiro atoms. The maximum atomic E-state index is 12.7. The fraction of sp³-hybridized carbons (Fsp3) is 0.500. The first-order valence-electron chi connectivity index (χ1n) is 8.70. The standard InChI is InChI=1S/C18H22N4OS/c1-12-20-17-15(16(24-12)13-7-6-10-19-11-13)18(23)21-22(17)14-8-4-2-3-5-9-14/h6-7,10-11,14,16H,2-5,8-9H2,1H3,(H,21,23). The highest BCUT2D eigenvalue weighted by Gasteiger charge is 2.32. The first kappa shape index (κ1) is 15.7. The average molecular weight is 342 g/mol. The van der Waals surface area contributed by atoms with E-state index in [0.29, 0.717) is 6.04 Å². The number of aromatic amines is 1. The molecule has 1 atom stereocenters. The molecule has 5 nitrogen and oxygen atoms in total. The van der Waals surface area contributed by atoms with Crippen LogP contribution in [0.2, 0.25) is 0 Å². The molecule has 3 heterocycles. The van der Waals surface area contributed by atoms with Crippen molar-refractivity contribution in [2.24, 2.45) is 4.99 Å². The number of aromatic nitrogens is 3. The number of rotatable bonds is 2. The normalized spacial score (nSPS) is 21.9. The van der Waals surface area contributed by atoms with Crippen LogP contribution in [0.15, 0.2) is 34.3 Å². The van der Waals surface area contributed by atoms with Crippen LogP contribution in [0.5, 0.6) is 0 Å². The van der Waals surface area contributed by atoms with Gasteiger partial charge in [-0.25, -0.2) is 4.99 Å². The van der Waals surface area contributed by atoms with Crippen molar-refractivity contribution in [3.8, 4) is 0 Å². The zero-order valence-corrected chi connectivity index (χ0v) is 14.7. The number of fused-ring (bicyclic) bond motifs is 1. The van der Waals surface area contributed by atoms with Crippen molar-refractivity contribution in [3.05, 3.63) is 46.0 Å². The van der Waals surface area contributed by atoms with Crippen molar-refractivity contribution < 1.29 is 0 Å². The van der Waals surface area contributed by atoms with Crippen LogP contribution in [0.3, 0.4) is 0 Å². The Bertz CT molecular complexity index is 800. The van der Waals surface area contributed by atoms with Gasteiger partial charge in [-0.1, -0.05) is 43.5 Å². The summed E-state index contributed by atoms with van der Waals surface area (Å²) in [5, 5.41) is 4.07. The van der Waals surface area contributed by atoms with Crippen LogP contribution < -0.4 is 5.56 Å². The fourth-order valence-electron chi connectivity index (χ4n) is 3.76. The van der Waals surface area contributed by atoms with Gasteiger partial charge in [0.25, 0.3) is 5.56 Å². The Morgan fingerprint density at radius 3 is 2.75 bits per heavy atom. The second kappa shape index (κ2) is 6.59. The molecule has 4 rings (SSSR count). The monoisotopic (exact) mass is 342 g/mol. The smallest absolute Gasteiger partial charge is 0.268 e. The van der Waals surface area contributed by atoms with E-state index in [9.17, 15) is 4.79 Å². The number of hydrogen-bond acceptors (Lipinski definition) is 4. The highest BCUT2D eigenvalue weighted by molar-refractivity contribution is 8.14. The van der Waals surface area contributed by atoms with Gasteiger partial charge in [0.2, 0.25) is 0 Å². The van der Waals surface area contributed by atoms with Gasteiger partial charge < -0.3 is 0 Å². The molecule has 0 amide bonds. The highest BCUT2D eigenvalue weighted by Crippen LogP contribution is 2.44. The summed E-state index contributed by atoms with van der Waals surface area (Å²) in [6.45, 7) is 2.02. The Morgan fingerprint density at radius 1 is 1.25 bits per heavy atom. The summed E-state index contributed by atoms with van der Waals surface area (Å²) >= 11 is 1.64. The van der Waals surface area contributed by atoms with E-state index in [4.69, 9.17) is 4.99 Å². The molecule has 0 bridgehead atoms. The second-order valence-electron chi connectivity index (χ2n) is 6.61. The fourth-order valence-corrected chi connectivity index (χ4v) is 4.84. The molecular weight excluding hydrogens is 320 g/mol. The zero-order valence-electron chi connectivity index (χ0n) is 13.9. The predicted octanol–water partition coefficient (Wildman–Crippen LogP) is 4.35. The summed E-state index contributed by atoms with van der Waals surface area (Å²) in [4.78, 5) is 21.7. The van der Waals surface area contributed by atoms with Crippen molar-refractivity contribution in [3.63, 3.8) is 0 Å². The maximum Gasteiger partial charge on any atom is 0.271 e. The Labute approximate surface area is 145 Å². The number of H-pyrrole nitrogens is 1. The molecule has 1 aliphatic heterocycles. The molecule has 1 aliphatic carbocycles. The van der Waals surface area contributed by atoms with Crippen LogP contribution in [-0.4, -0.2) is 19.8 Å². The molecular formula is C18H22N4OS. The molecule has 2 aromatic rings. The minimum atomic E-state index is -0.0259. The van der Waals surface area contributed by atoms with E-state index >= 15 is 0 Å². The third-order valence-corrected chi connectivity index (χ3v) is 6.10. The van der Waals surface area contributed by atoms with Crippen LogP contribution in [0, 0.1) is 0 Å². The Morgan fingerprint density at radius 2 is 2.04 bits per heavy atom. The highest BCUT2D eigenvalue weighted by atomic mass is 32.2. The van der Waals surface area contributed by atoms with Crippen LogP contribution in [0.1, 0.15) is 67.9 Å². The van der Waals surface area contributed by atoms with Gasteiger partial charge in [-0.2, -0.15) is 0 Å². The number of nitrogens with one attached hydrogen (secondary N) is 1. The molecule has 1 N–H and O–H groups in total. The molecule has 2 aromatic heterocycles. The van der Waals surface area contributed by atoms with Crippen LogP contribution in [0.4, 0.5) is 5.82 Å². The summed E-state index contributed by atoms with van der Waals surface area (Å²) < 4.78 is 2.05. The number of hydrogen-bond donors (Lipinski definition) is 1.